The fraction of sp³-hybridized carbons (Fsp3) is 0.231. The third kappa shape index (κ3) is 5.39. The second-order valence-electron chi connectivity index (χ2n) is 7.52. The van der Waals surface area contributed by atoms with E-state index in [1.165, 1.54) is 12.0 Å². The number of carbonyl (C=O) groups excluding carboxylic acids is 2. The van der Waals surface area contributed by atoms with E-state index < -0.39 is 0 Å². The summed E-state index contributed by atoms with van der Waals surface area (Å²) in [4.78, 5) is 26.5. The summed E-state index contributed by atoms with van der Waals surface area (Å²) < 4.78 is 18.0. The van der Waals surface area contributed by atoms with Crippen molar-refractivity contribution in [2.24, 2.45) is 0 Å². The number of ether oxygens (including phenoxy) is 3. The lowest BCUT2D eigenvalue weighted by Gasteiger charge is -2.16. The normalized spacial score (nSPS) is 14.9. The summed E-state index contributed by atoms with van der Waals surface area (Å²) in [5.74, 6) is 0.941. The molecule has 1 fully saturated rings. The molecule has 0 unspecified atom stereocenters. The lowest BCUT2D eigenvalue weighted by atomic mass is 10.1. The first kappa shape index (κ1) is 24.6. The van der Waals surface area contributed by atoms with Crippen LogP contribution in [0.5, 0.6) is 11.5 Å². The number of nitrogens with zero attached hydrogens (tertiary/aromatic N) is 1. The second-order valence-corrected chi connectivity index (χ2v) is 9.67. The predicted octanol–water partition coefficient (Wildman–Crippen LogP) is 6.10. The Bertz CT molecular complexity index is 1250. The molecule has 8 heteroatoms. The van der Waals surface area contributed by atoms with Gasteiger partial charge in [0.1, 0.15) is 6.61 Å². The molecule has 3 aromatic carbocycles. The van der Waals surface area contributed by atoms with Crippen LogP contribution in [-0.4, -0.2) is 42.9 Å². The number of methoxy groups -OCH3 is 1. The van der Waals surface area contributed by atoms with E-state index in [9.17, 15) is 9.59 Å². The van der Waals surface area contributed by atoms with Gasteiger partial charge in [-0.25, -0.2) is 0 Å². The van der Waals surface area contributed by atoms with Crippen molar-refractivity contribution in [3.05, 3.63) is 74.2 Å². The zero-order chi connectivity index (χ0) is 24.1. The van der Waals surface area contributed by atoms with Gasteiger partial charge in [0.2, 0.25) is 0 Å². The number of amides is 2. The molecule has 0 N–H and O–H groups in total. The van der Waals surface area contributed by atoms with E-state index >= 15 is 0 Å². The Morgan fingerprint density at radius 3 is 2.65 bits per heavy atom. The Hall–Kier alpha value is -2.56. The van der Waals surface area contributed by atoms with Gasteiger partial charge in [0.15, 0.2) is 11.5 Å². The molecule has 2 amide bonds. The van der Waals surface area contributed by atoms with E-state index in [1.54, 1.807) is 6.08 Å². The lowest BCUT2D eigenvalue weighted by Crippen LogP contribution is -2.31. The molecule has 0 atom stereocenters. The molecule has 0 aromatic heterocycles. The van der Waals surface area contributed by atoms with E-state index in [0.29, 0.717) is 36.2 Å². The minimum Gasteiger partial charge on any atom is -0.490 e. The molecular weight excluding hydrogens is 565 g/mol. The van der Waals surface area contributed by atoms with E-state index in [1.807, 2.05) is 37.3 Å². The first-order valence-electron chi connectivity index (χ1n) is 10.8. The maximum absolute atomic E-state index is 12.7. The number of hydrogen-bond acceptors (Lipinski definition) is 6. The first-order valence-corrected chi connectivity index (χ1v) is 12.7. The summed E-state index contributed by atoms with van der Waals surface area (Å²) in [5, 5.41) is 2.03. The SMILES string of the molecule is CCOc1cc(/C=C2/SC(=O)N(CCOC)C2=O)cc(I)c1OCc1cccc2ccccc12. The molecule has 0 saturated carbocycles. The minimum atomic E-state index is -0.309. The molecule has 1 aliphatic heterocycles. The van der Waals surface area contributed by atoms with Crippen molar-refractivity contribution < 1.29 is 23.8 Å². The van der Waals surface area contributed by atoms with E-state index in [2.05, 4.69) is 46.9 Å². The van der Waals surface area contributed by atoms with Gasteiger partial charge < -0.3 is 14.2 Å². The largest absolute Gasteiger partial charge is 0.490 e. The number of benzene rings is 3. The summed E-state index contributed by atoms with van der Waals surface area (Å²) in [6.07, 6.45) is 1.72. The average molecular weight is 589 g/mol. The van der Waals surface area contributed by atoms with Crippen LogP contribution in [0.2, 0.25) is 0 Å². The summed E-state index contributed by atoms with van der Waals surface area (Å²) >= 11 is 3.14. The average Bonchev–Trinajstić information content (AvgIpc) is 3.09. The molecule has 0 radical (unpaired) electrons. The molecule has 1 aliphatic rings. The van der Waals surface area contributed by atoms with E-state index in [-0.39, 0.29) is 17.7 Å². The predicted molar refractivity (Wildman–Crippen MR) is 143 cm³/mol. The van der Waals surface area contributed by atoms with Gasteiger partial charge in [0, 0.05) is 7.11 Å². The fourth-order valence-corrected chi connectivity index (χ4v) is 5.32. The quantitative estimate of drug-likeness (QED) is 0.222. The van der Waals surface area contributed by atoms with E-state index in [0.717, 1.165) is 37.2 Å². The van der Waals surface area contributed by atoms with Crippen LogP contribution in [0.25, 0.3) is 16.8 Å². The standard InChI is InChI=1S/C26H24INO5S/c1-3-32-22-14-17(15-23-25(29)28(11-12-31-2)26(30)34-23)13-21(27)24(22)33-16-19-9-6-8-18-7-4-5-10-20(18)19/h4-10,13-15H,3,11-12,16H2,1-2H3/b23-15+. The number of fused-ring (bicyclic) bond motifs is 1. The fourth-order valence-electron chi connectivity index (χ4n) is 3.67. The van der Waals surface area contributed by atoms with Crippen molar-refractivity contribution in [3.63, 3.8) is 0 Å². The zero-order valence-electron chi connectivity index (χ0n) is 18.9. The van der Waals surface area contributed by atoms with Crippen LogP contribution >= 0.6 is 34.4 Å². The molecule has 34 heavy (non-hydrogen) atoms. The summed E-state index contributed by atoms with van der Waals surface area (Å²) in [7, 11) is 1.54. The molecule has 0 spiro atoms. The molecule has 0 bridgehead atoms. The highest BCUT2D eigenvalue weighted by Gasteiger charge is 2.34. The molecular formula is C26H24INO5S. The summed E-state index contributed by atoms with van der Waals surface area (Å²) in [6, 6.07) is 18.1. The third-order valence-corrected chi connectivity index (χ3v) is 6.98. The van der Waals surface area contributed by atoms with Crippen molar-refractivity contribution in [1.82, 2.24) is 4.90 Å². The molecule has 1 saturated heterocycles. The number of carbonyl (C=O) groups is 2. The van der Waals surface area contributed by atoms with Crippen LogP contribution in [0.1, 0.15) is 18.1 Å². The van der Waals surface area contributed by atoms with Crippen LogP contribution in [0, 0.1) is 3.57 Å². The molecule has 0 aliphatic carbocycles. The van der Waals surface area contributed by atoms with Crippen molar-refractivity contribution >= 4 is 62.3 Å². The smallest absolute Gasteiger partial charge is 0.293 e. The number of hydrogen-bond donors (Lipinski definition) is 0. The number of halogens is 1. The molecule has 4 rings (SSSR count). The maximum atomic E-state index is 12.7. The minimum absolute atomic E-state index is 0.237. The highest BCUT2D eigenvalue weighted by atomic mass is 127. The van der Waals surface area contributed by atoms with Gasteiger partial charge in [0.05, 0.1) is 28.2 Å². The van der Waals surface area contributed by atoms with Gasteiger partial charge in [-0.3, -0.25) is 14.5 Å². The van der Waals surface area contributed by atoms with Gasteiger partial charge in [-0.1, -0.05) is 42.5 Å². The van der Waals surface area contributed by atoms with Gasteiger partial charge >= 0.3 is 0 Å². The highest BCUT2D eigenvalue weighted by Crippen LogP contribution is 2.38. The Balaban J connectivity index is 1.59. The van der Waals surface area contributed by atoms with Crippen molar-refractivity contribution in [1.29, 1.82) is 0 Å². The summed E-state index contributed by atoms with van der Waals surface area (Å²) in [5.41, 5.74) is 1.85. The van der Waals surface area contributed by atoms with Crippen LogP contribution in [0.3, 0.4) is 0 Å². The number of imide groups is 1. The Morgan fingerprint density at radius 2 is 1.85 bits per heavy atom. The van der Waals surface area contributed by atoms with Gasteiger partial charge in [-0.2, -0.15) is 0 Å². The third-order valence-electron chi connectivity index (χ3n) is 5.27. The van der Waals surface area contributed by atoms with Crippen LogP contribution in [-0.2, 0) is 16.1 Å². The van der Waals surface area contributed by atoms with Crippen molar-refractivity contribution in [2.75, 3.05) is 26.9 Å². The molecule has 3 aromatic rings. The number of rotatable bonds is 9. The number of thioether (sulfide) groups is 1. The van der Waals surface area contributed by atoms with Crippen LogP contribution < -0.4 is 9.47 Å². The van der Waals surface area contributed by atoms with Crippen LogP contribution in [0.15, 0.2) is 59.5 Å². The Labute approximate surface area is 216 Å². The monoisotopic (exact) mass is 589 g/mol. The molecule has 1 heterocycles. The van der Waals surface area contributed by atoms with Gasteiger partial charge in [-0.05, 0) is 81.4 Å². The first-order chi connectivity index (χ1) is 16.5. The highest BCUT2D eigenvalue weighted by molar-refractivity contribution is 14.1. The Morgan fingerprint density at radius 1 is 1.06 bits per heavy atom. The van der Waals surface area contributed by atoms with Gasteiger partial charge in [-0.15, -0.1) is 0 Å². The maximum Gasteiger partial charge on any atom is 0.293 e. The van der Waals surface area contributed by atoms with Crippen molar-refractivity contribution in [2.45, 2.75) is 13.5 Å². The molecule has 6 nitrogen and oxygen atoms in total. The van der Waals surface area contributed by atoms with Gasteiger partial charge in [0.25, 0.3) is 11.1 Å². The lowest BCUT2D eigenvalue weighted by molar-refractivity contribution is -0.123. The summed E-state index contributed by atoms with van der Waals surface area (Å²) in [6.45, 7) is 3.32. The topological polar surface area (TPSA) is 65.1 Å². The second kappa shape index (κ2) is 11.2. The Kier molecular flexibility index (Phi) is 8.12. The van der Waals surface area contributed by atoms with E-state index in [4.69, 9.17) is 14.2 Å². The molecule has 176 valence electrons. The zero-order valence-corrected chi connectivity index (χ0v) is 21.9. The van der Waals surface area contributed by atoms with Crippen LogP contribution in [0.4, 0.5) is 4.79 Å². The van der Waals surface area contributed by atoms with Crippen molar-refractivity contribution in [3.8, 4) is 11.5 Å².